The molecule has 1 aliphatic heterocycles. The molecule has 112 valence electrons. The predicted octanol–water partition coefficient (Wildman–Crippen LogP) is 2.84. The van der Waals surface area contributed by atoms with Gasteiger partial charge in [-0.05, 0) is 43.7 Å². The van der Waals surface area contributed by atoms with Crippen LogP contribution in [0.25, 0.3) is 0 Å². The lowest BCUT2D eigenvalue weighted by molar-refractivity contribution is 0.0660. The van der Waals surface area contributed by atoms with Gasteiger partial charge in [0.2, 0.25) is 0 Å². The van der Waals surface area contributed by atoms with Crippen molar-refractivity contribution in [3.63, 3.8) is 0 Å². The van der Waals surface area contributed by atoms with Crippen molar-refractivity contribution in [2.75, 3.05) is 26.8 Å². The summed E-state index contributed by atoms with van der Waals surface area (Å²) in [6.45, 7) is 2.36. The maximum absolute atomic E-state index is 12.6. The average molecular weight is 286 g/mol. The molecule has 1 amide bonds. The molecule has 0 radical (unpaired) electrons. The number of ether oxygens (including phenoxy) is 1. The van der Waals surface area contributed by atoms with Crippen molar-refractivity contribution in [1.82, 2.24) is 4.90 Å². The zero-order valence-electron chi connectivity index (χ0n) is 12.5. The number of methoxy groups -OCH3 is 1. The largest absolute Gasteiger partial charge is 0.385 e. The van der Waals surface area contributed by atoms with Crippen LogP contribution in [0.15, 0.2) is 24.3 Å². The van der Waals surface area contributed by atoms with E-state index in [-0.39, 0.29) is 5.91 Å². The molecule has 0 unspecified atom stereocenters. The lowest BCUT2D eigenvalue weighted by Crippen LogP contribution is -2.40. The highest BCUT2D eigenvalue weighted by Crippen LogP contribution is 2.23. The zero-order valence-corrected chi connectivity index (χ0v) is 12.5. The fraction of sp³-hybridized carbons (Fsp3) is 0.529. The van der Waals surface area contributed by atoms with E-state index in [2.05, 4.69) is 6.07 Å². The van der Waals surface area contributed by atoms with Crippen LogP contribution in [0.1, 0.15) is 41.6 Å². The highest BCUT2D eigenvalue weighted by molar-refractivity contribution is 5.96. The number of carbonyl (C=O) groups excluding carboxylic acids is 1. The molecule has 1 aromatic carbocycles. The summed E-state index contributed by atoms with van der Waals surface area (Å²) in [5, 5.41) is 9.13. The second-order valence-electron chi connectivity index (χ2n) is 5.55. The maximum atomic E-state index is 12.6. The molecule has 1 aliphatic rings. The van der Waals surface area contributed by atoms with Gasteiger partial charge in [-0.15, -0.1) is 0 Å². The van der Waals surface area contributed by atoms with Gasteiger partial charge >= 0.3 is 0 Å². The Balaban J connectivity index is 2.00. The number of hydrogen-bond acceptors (Lipinski definition) is 3. The van der Waals surface area contributed by atoms with Crippen LogP contribution in [-0.2, 0) is 4.74 Å². The van der Waals surface area contributed by atoms with Gasteiger partial charge in [-0.3, -0.25) is 4.79 Å². The summed E-state index contributed by atoms with van der Waals surface area (Å²) in [6, 6.07) is 9.16. The lowest BCUT2D eigenvalue weighted by Gasteiger charge is -2.33. The summed E-state index contributed by atoms with van der Waals surface area (Å²) in [4.78, 5) is 14.5. The standard InChI is InChI=1S/C17H22N2O2/c1-21-11-5-7-14-6-4-10-19(13-14)17(20)16-9-3-2-8-15(16)12-18/h2-3,8-9,14H,4-7,10-11,13H2,1H3/t14-/m1/s1. The van der Waals surface area contributed by atoms with Crippen LogP contribution in [0, 0.1) is 17.2 Å². The smallest absolute Gasteiger partial charge is 0.255 e. The SMILES string of the molecule is COCCC[C@H]1CCCN(C(=O)c2ccccc2C#N)C1. The first kappa shape index (κ1) is 15.5. The van der Waals surface area contributed by atoms with E-state index in [1.807, 2.05) is 11.0 Å². The molecular weight excluding hydrogens is 264 g/mol. The predicted molar refractivity (Wildman–Crippen MR) is 80.9 cm³/mol. The maximum Gasteiger partial charge on any atom is 0.255 e. The number of likely N-dealkylation sites (tertiary alicyclic amines) is 1. The van der Waals surface area contributed by atoms with Gasteiger partial charge in [-0.2, -0.15) is 5.26 Å². The number of nitrogens with zero attached hydrogens (tertiary/aromatic N) is 2. The molecule has 1 aromatic rings. The van der Waals surface area contributed by atoms with Crippen LogP contribution in [-0.4, -0.2) is 37.6 Å². The second kappa shape index (κ2) is 7.80. The topological polar surface area (TPSA) is 53.3 Å². The van der Waals surface area contributed by atoms with E-state index in [1.165, 1.54) is 6.42 Å². The molecule has 1 fully saturated rings. The number of rotatable bonds is 5. The number of hydrogen-bond donors (Lipinski definition) is 0. The summed E-state index contributed by atoms with van der Waals surface area (Å²) >= 11 is 0. The Morgan fingerprint density at radius 3 is 3.05 bits per heavy atom. The molecule has 1 atom stereocenters. The number of piperidine rings is 1. The molecule has 0 spiro atoms. The van der Waals surface area contributed by atoms with Crippen molar-refractivity contribution in [3.05, 3.63) is 35.4 Å². The van der Waals surface area contributed by atoms with Gasteiger partial charge in [0.15, 0.2) is 0 Å². The van der Waals surface area contributed by atoms with Crippen molar-refractivity contribution in [1.29, 1.82) is 5.26 Å². The minimum Gasteiger partial charge on any atom is -0.385 e. The lowest BCUT2D eigenvalue weighted by atomic mass is 9.93. The summed E-state index contributed by atoms with van der Waals surface area (Å²) in [5.74, 6) is 0.538. The van der Waals surface area contributed by atoms with E-state index in [4.69, 9.17) is 10.00 Å². The number of carbonyl (C=O) groups is 1. The summed E-state index contributed by atoms with van der Waals surface area (Å²) in [6.07, 6.45) is 4.35. The average Bonchev–Trinajstić information content (AvgIpc) is 2.54. The molecule has 0 aliphatic carbocycles. The van der Waals surface area contributed by atoms with E-state index in [0.29, 0.717) is 17.0 Å². The molecule has 4 heteroatoms. The number of nitriles is 1. The van der Waals surface area contributed by atoms with Gasteiger partial charge in [-0.1, -0.05) is 12.1 Å². The monoisotopic (exact) mass is 286 g/mol. The Kier molecular flexibility index (Phi) is 5.77. The summed E-state index contributed by atoms with van der Waals surface area (Å²) < 4.78 is 5.09. The number of benzene rings is 1. The first-order valence-corrected chi connectivity index (χ1v) is 7.53. The van der Waals surface area contributed by atoms with Crippen LogP contribution in [0.4, 0.5) is 0 Å². The molecule has 0 saturated carbocycles. The zero-order chi connectivity index (χ0) is 15.1. The molecule has 21 heavy (non-hydrogen) atoms. The van der Waals surface area contributed by atoms with Gasteiger partial charge in [0, 0.05) is 26.8 Å². The third-order valence-corrected chi connectivity index (χ3v) is 4.04. The molecule has 0 N–H and O–H groups in total. The van der Waals surface area contributed by atoms with E-state index >= 15 is 0 Å². The summed E-state index contributed by atoms with van der Waals surface area (Å²) in [5.41, 5.74) is 0.988. The van der Waals surface area contributed by atoms with Crippen molar-refractivity contribution in [2.45, 2.75) is 25.7 Å². The van der Waals surface area contributed by atoms with Crippen molar-refractivity contribution in [3.8, 4) is 6.07 Å². The molecular formula is C17H22N2O2. The third-order valence-electron chi connectivity index (χ3n) is 4.04. The van der Waals surface area contributed by atoms with E-state index in [1.54, 1.807) is 25.3 Å². The Morgan fingerprint density at radius 1 is 1.48 bits per heavy atom. The second-order valence-corrected chi connectivity index (χ2v) is 5.55. The molecule has 1 saturated heterocycles. The molecule has 4 nitrogen and oxygen atoms in total. The first-order valence-electron chi connectivity index (χ1n) is 7.53. The first-order chi connectivity index (χ1) is 10.3. The minimum absolute atomic E-state index is 0.0106. The van der Waals surface area contributed by atoms with Gasteiger partial charge in [-0.25, -0.2) is 0 Å². The van der Waals surface area contributed by atoms with Crippen molar-refractivity contribution in [2.24, 2.45) is 5.92 Å². The van der Waals surface area contributed by atoms with Crippen LogP contribution >= 0.6 is 0 Å². The van der Waals surface area contributed by atoms with Gasteiger partial charge in [0.1, 0.15) is 0 Å². The van der Waals surface area contributed by atoms with Crippen molar-refractivity contribution < 1.29 is 9.53 Å². The molecule has 0 bridgehead atoms. The highest BCUT2D eigenvalue weighted by Gasteiger charge is 2.25. The Bertz CT molecular complexity index is 522. The Labute approximate surface area is 126 Å². The molecule has 0 aromatic heterocycles. The molecule has 2 rings (SSSR count). The van der Waals surface area contributed by atoms with E-state index in [9.17, 15) is 4.79 Å². The fourth-order valence-corrected chi connectivity index (χ4v) is 2.94. The van der Waals surface area contributed by atoms with Crippen LogP contribution in [0.3, 0.4) is 0 Å². The van der Waals surface area contributed by atoms with Crippen LogP contribution < -0.4 is 0 Å². The summed E-state index contributed by atoms with van der Waals surface area (Å²) in [7, 11) is 1.72. The fourth-order valence-electron chi connectivity index (χ4n) is 2.94. The normalized spacial score (nSPS) is 18.3. The number of amides is 1. The minimum atomic E-state index is -0.0106. The Morgan fingerprint density at radius 2 is 2.29 bits per heavy atom. The van der Waals surface area contributed by atoms with Crippen molar-refractivity contribution >= 4 is 5.91 Å². The van der Waals surface area contributed by atoms with E-state index in [0.717, 1.165) is 39.0 Å². The van der Waals surface area contributed by atoms with Crippen LogP contribution in [0.5, 0.6) is 0 Å². The highest BCUT2D eigenvalue weighted by atomic mass is 16.5. The molecule has 1 heterocycles. The van der Waals surface area contributed by atoms with Gasteiger partial charge < -0.3 is 9.64 Å². The Hall–Kier alpha value is -1.86. The van der Waals surface area contributed by atoms with Gasteiger partial charge in [0.05, 0.1) is 17.2 Å². The van der Waals surface area contributed by atoms with Gasteiger partial charge in [0.25, 0.3) is 5.91 Å². The van der Waals surface area contributed by atoms with E-state index < -0.39 is 0 Å². The third kappa shape index (κ3) is 4.05. The quantitative estimate of drug-likeness (QED) is 0.782. The van der Waals surface area contributed by atoms with Crippen LogP contribution in [0.2, 0.25) is 0 Å².